The van der Waals surface area contributed by atoms with Gasteiger partial charge in [0.05, 0.1) is 7.11 Å². The van der Waals surface area contributed by atoms with Crippen molar-refractivity contribution in [1.82, 2.24) is 5.32 Å². The summed E-state index contributed by atoms with van der Waals surface area (Å²) in [5.74, 6) is 1.44. The first kappa shape index (κ1) is 21.3. The Balaban J connectivity index is 0.00000312. The molecule has 0 aliphatic heterocycles. The predicted molar refractivity (Wildman–Crippen MR) is 116 cm³/mol. The van der Waals surface area contributed by atoms with Gasteiger partial charge in [0, 0.05) is 13.1 Å². The van der Waals surface area contributed by atoms with Crippen LogP contribution >= 0.6 is 24.0 Å². The van der Waals surface area contributed by atoms with E-state index >= 15 is 0 Å². The summed E-state index contributed by atoms with van der Waals surface area (Å²) in [5.41, 5.74) is 8.52. The summed E-state index contributed by atoms with van der Waals surface area (Å²) in [6, 6.07) is 18.6. The van der Waals surface area contributed by atoms with Crippen LogP contribution in [0.1, 0.15) is 24.0 Å². The Bertz CT molecular complexity index is 615. The Labute approximate surface area is 167 Å². The maximum atomic E-state index is 5.89. The van der Waals surface area contributed by atoms with Gasteiger partial charge in [-0.25, -0.2) is 0 Å². The van der Waals surface area contributed by atoms with Gasteiger partial charge in [-0.3, -0.25) is 4.99 Å². The first-order valence-electron chi connectivity index (χ1n) is 8.48. The van der Waals surface area contributed by atoms with Gasteiger partial charge in [-0.05, 0) is 48.9 Å². The van der Waals surface area contributed by atoms with Crippen LogP contribution in [0.15, 0.2) is 59.6 Å². The number of aryl methyl sites for hydroxylation is 1. The van der Waals surface area contributed by atoms with Gasteiger partial charge in [0.15, 0.2) is 5.96 Å². The van der Waals surface area contributed by atoms with Gasteiger partial charge in [-0.1, -0.05) is 42.5 Å². The van der Waals surface area contributed by atoms with Crippen LogP contribution in [0.2, 0.25) is 0 Å². The minimum atomic E-state index is 0. The van der Waals surface area contributed by atoms with Crippen LogP contribution in [-0.2, 0) is 12.8 Å². The lowest BCUT2D eigenvalue weighted by Gasteiger charge is -2.06. The van der Waals surface area contributed by atoms with Crippen LogP contribution in [0.4, 0.5) is 0 Å². The zero-order valence-corrected chi connectivity index (χ0v) is 17.1. The van der Waals surface area contributed by atoms with E-state index < -0.39 is 0 Å². The van der Waals surface area contributed by atoms with Gasteiger partial charge in [0.1, 0.15) is 5.75 Å². The number of nitrogens with two attached hydrogens (primary N) is 1. The van der Waals surface area contributed by atoms with Gasteiger partial charge in [-0.2, -0.15) is 0 Å². The highest BCUT2D eigenvalue weighted by Gasteiger charge is 1.96. The largest absolute Gasteiger partial charge is 0.497 e. The standard InChI is InChI=1S/C20H27N3O.HI/c1-24-19-12-10-18(11-13-19)9-5-6-15-22-20(21)23-16-14-17-7-3-2-4-8-17;/h2-4,7-8,10-13H,5-6,9,14-16H2,1H3,(H3,21,22,23);1H. The monoisotopic (exact) mass is 453 g/mol. The average molecular weight is 453 g/mol. The van der Waals surface area contributed by atoms with Gasteiger partial charge < -0.3 is 15.8 Å². The summed E-state index contributed by atoms with van der Waals surface area (Å²) in [6.45, 7) is 1.57. The predicted octanol–water partition coefficient (Wildman–Crippen LogP) is 3.78. The number of nitrogens with one attached hydrogen (secondary N) is 1. The number of aliphatic imine (C=N–C) groups is 1. The normalized spacial score (nSPS) is 10.8. The molecule has 25 heavy (non-hydrogen) atoms. The van der Waals surface area contributed by atoms with E-state index in [1.165, 1.54) is 11.1 Å². The molecule has 0 bridgehead atoms. The summed E-state index contributed by atoms with van der Waals surface area (Å²) in [5, 5.41) is 3.17. The number of halogens is 1. The molecule has 3 N–H and O–H groups in total. The molecule has 0 radical (unpaired) electrons. The summed E-state index contributed by atoms with van der Waals surface area (Å²) < 4.78 is 5.16. The molecule has 0 atom stereocenters. The average Bonchev–Trinajstić information content (AvgIpc) is 2.63. The number of hydrogen-bond acceptors (Lipinski definition) is 2. The van der Waals surface area contributed by atoms with E-state index in [1.54, 1.807) is 7.11 Å². The molecule has 0 heterocycles. The maximum Gasteiger partial charge on any atom is 0.188 e. The molecule has 2 aromatic rings. The van der Waals surface area contributed by atoms with E-state index in [0.29, 0.717) is 5.96 Å². The van der Waals surface area contributed by atoms with Gasteiger partial charge in [0.2, 0.25) is 0 Å². The first-order valence-corrected chi connectivity index (χ1v) is 8.48. The number of ether oxygens (including phenoxy) is 1. The van der Waals surface area contributed by atoms with Crippen molar-refractivity contribution in [3.05, 3.63) is 65.7 Å². The Hall–Kier alpha value is -1.76. The second-order valence-electron chi connectivity index (χ2n) is 5.73. The van der Waals surface area contributed by atoms with E-state index in [4.69, 9.17) is 10.5 Å². The molecular weight excluding hydrogens is 425 g/mol. The van der Waals surface area contributed by atoms with E-state index in [0.717, 1.165) is 44.5 Å². The third-order valence-electron chi connectivity index (χ3n) is 3.88. The molecule has 0 fully saturated rings. The van der Waals surface area contributed by atoms with Crippen molar-refractivity contribution in [3.63, 3.8) is 0 Å². The second kappa shape index (κ2) is 12.6. The third-order valence-corrected chi connectivity index (χ3v) is 3.88. The van der Waals surface area contributed by atoms with Crippen LogP contribution in [0.3, 0.4) is 0 Å². The smallest absolute Gasteiger partial charge is 0.188 e. The van der Waals surface area contributed by atoms with Crippen LogP contribution in [0.5, 0.6) is 5.75 Å². The highest BCUT2D eigenvalue weighted by Crippen LogP contribution is 2.13. The SMILES string of the molecule is COc1ccc(CCCCN=C(N)NCCc2ccccc2)cc1.I. The van der Waals surface area contributed by atoms with Crippen molar-refractivity contribution in [1.29, 1.82) is 0 Å². The topological polar surface area (TPSA) is 59.6 Å². The molecule has 136 valence electrons. The van der Waals surface area contributed by atoms with Crippen molar-refractivity contribution < 1.29 is 4.74 Å². The van der Waals surface area contributed by atoms with E-state index in [1.807, 2.05) is 18.2 Å². The highest BCUT2D eigenvalue weighted by molar-refractivity contribution is 14.0. The lowest BCUT2D eigenvalue weighted by Crippen LogP contribution is -2.33. The first-order chi connectivity index (χ1) is 11.8. The summed E-state index contributed by atoms with van der Waals surface area (Å²) in [4.78, 5) is 4.38. The zero-order valence-electron chi connectivity index (χ0n) is 14.8. The molecule has 4 nitrogen and oxygen atoms in total. The number of nitrogens with zero attached hydrogens (tertiary/aromatic N) is 1. The fourth-order valence-corrected chi connectivity index (χ4v) is 2.47. The fourth-order valence-electron chi connectivity index (χ4n) is 2.47. The minimum absolute atomic E-state index is 0. The highest BCUT2D eigenvalue weighted by atomic mass is 127. The van der Waals surface area contributed by atoms with E-state index in [9.17, 15) is 0 Å². The number of guanidine groups is 1. The summed E-state index contributed by atoms with van der Waals surface area (Å²) in [7, 11) is 1.69. The molecule has 0 unspecified atom stereocenters. The third kappa shape index (κ3) is 8.77. The molecule has 0 aliphatic rings. The number of methoxy groups -OCH3 is 1. The van der Waals surface area contributed by atoms with Crippen molar-refractivity contribution in [2.24, 2.45) is 10.7 Å². The fraction of sp³-hybridized carbons (Fsp3) is 0.350. The van der Waals surface area contributed by atoms with Crippen LogP contribution in [0.25, 0.3) is 0 Å². The Kier molecular flexibility index (Phi) is 10.7. The molecule has 5 heteroatoms. The van der Waals surface area contributed by atoms with Crippen molar-refractivity contribution in [2.45, 2.75) is 25.7 Å². The number of rotatable bonds is 9. The molecule has 2 aromatic carbocycles. The van der Waals surface area contributed by atoms with Crippen molar-refractivity contribution in [3.8, 4) is 5.75 Å². The second-order valence-corrected chi connectivity index (χ2v) is 5.73. The molecule has 2 rings (SSSR count). The van der Waals surface area contributed by atoms with Crippen LogP contribution in [-0.4, -0.2) is 26.2 Å². The molecular formula is C20H28IN3O. The molecule has 0 amide bonds. The number of benzene rings is 2. The summed E-state index contributed by atoms with van der Waals surface area (Å²) >= 11 is 0. The lowest BCUT2D eigenvalue weighted by molar-refractivity contribution is 0.414. The van der Waals surface area contributed by atoms with Crippen LogP contribution in [0, 0.1) is 0 Å². The van der Waals surface area contributed by atoms with E-state index in [2.05, 4.69) is 46.7 Å². The number of unbranched alkanes of at least 4 members (excludes halogenated alkanes) is 1. The zero-order chi connectivity index (χ0) is 17.0. The Morgan fingerprint density at radius 1 is 0.960 bits per heavy atom. The Morgan fingerprint density at radius 2 is 1.64 bits per heavy atom. The minimum Gasteiger partial charge on any atom is -0.497 e. The van der Waals surface area contributed by atoms with E-state index in [-0.39, 0.29) is 24.0 Å². The lowest BCUT2D eigenvalue weighted by atomic mass is 10.1. The number of hydrogen-bond donors (Lipinski definition) is 2. The molecule has 0 spiro atoms. The van der Waals surface area contributed by atoms with Crippen LogP contribution < -0.4 is 15.8 Å². The quantitative estimate of drug-likeness (QED) is 0.263. The summed E-state index contributed by atoms with van der Waals surface area (Å²) in [6.07, 6.45) is 4.15. The molecule has 0 saturated heterocycles. The molecule has 0 aliphatic carbocycles. The molecule has 0 saturated carbocycles. The molecule has 0 aromatic heterocycles. The Morgan fingerprint density at radius 3 is 2.32 bits per heavy atom. The maximum absolute atomic E-state index is 5.89. The van der Waals surface area contributed by atoms with Crippen molar-refractivity contribution in [2.75, 3.05) is 20.2 Å². The van der Waals surface area contributed by atoms with Gasteiger partial charge in [-0.15, -0.1) is 24.0 Å². The van der Waals surface area contributed by atoms with Gasteiger partial charge >= 0.3 is 0 Å². The van der Waals surface area contributed by atoms with Crippen molar-refractivity contribution >= 4 is 29.9 Å². The van der Waals surface area contributed by atoms with Gasteiger partial charge in [0.25, 0.3) is 0 Å².